The minimum atomic E-state index is -1.46. The number of ether oxygens (including phenoxy) is 4. The van der Waals surface area contributed by atoms with Crippen LogP contribution in [0.1, 0.15) is 114 Å². The van der Waals surface area contributed by atoms with E-state index < -0.39 is 100 Å². The molecule has 20 nitrogen and oxygen atoms in total. The zero-order valence-electron chi connectivity index (χ0n) is 42.0. The van der Waals surface area contributed by atoms with Crippen LogP contribution in [0.5, 0.6) is 5.75 Å². The first-order chi connectivity index (χ1) is 31.3. The van der Waals surface area contributed by atoms with E-state index in [-0.39, 0.29) is 45.3 Å². The molecule has 0 spiro atoms. The van der Waals surface area contributed by atoms with Crippen molar-refractivity contribution < 1.29 is 57.6 Å². The summed E-state index contributed by atoms with van der Waals surface area (Å²) >= 11 is 1.38. The molecule has 382 valence electrons. The fraction of sp³-hybridized carbons (Fsp3) is 0.660. The van der Waals surface area contributed by atoms with Crippen molar-refractivity contribution in [3.05, 3.63) is 48.0 Å². The van der Waals surface area contributed by atoms with Gasteiger partial charge in [-0.25, -0.2) is 9.78 Å². The van der Waals surface area contributed by atoms with Gasteiger partial charge in [-0.2, -0.15) is 11.8 Å². The highest BCUT2D eigenvalue weighted by Gasteiger charge is 2.35. The van der Waals surface area contributed by atoms with Crippen LogP contribution in [0.2, 0.25) is 0 Å². The molecule has 68 heavy (non-hydrogen) atoms. The molecule has 0 aliphatic carbocycles. The summed E-state index contributed by atoms with van der Waals surface area (Å²) in [5.74, 6) is -5.07. The van der Waals surface area contributed by atoms with Gasteiger partial charge in [0.05, 0.1) is 36.4 Å². The average molecular weight is 977 g/mol. The summed E-state index contributed by atoms with van der Waals surface area (Å²) in [6, 6.07) is -1.05. The summed E-state index contributed by atoms with van der Waals surface area (Å²) in [6.07, 6.45) is 3.86. The monoisotopic (exact) mass is 977 g/mol. The Morgan fingerprint density at radius 2 is 1.15 bits per heavy atom. The molecule has 0 saturated heterocycles. The molecule has 2 aromatic rings. The van der Waals surface area contributed by atoms with Crippen molar-refractivity contribution in [3.8, 4) is 5.75 Å². The van der Waals surface area contributed by atoms with E-state index in [0.717, 1.165) is 0 Å². The van der Waals surface area contributed by atoms with Gasteiger partial charge in [0.25, 0.3) is 0 Å². The van der Waals surface area contributed by atoms with Crippen molar-refractivity contribution in [2.75, 3.05) is 25.2 Å². The second kappa shape index (κ2) is 26.5. The van der Waals surface area contributed by atoms with Gasteiger partial charge in [0.2, 0.25) is 29.5 Å². The number of hydrogen-bond acceptors (Lipinski definition) is 14. The molecule has 0 radical (unpaired) electrons. The Balaban J connectivity index is 2.48. The van der Waals surface area contributed by atoms with Crippen LogP contribution in [0.15, 0.2) is 36.8 Å². The number of imidazole rings is 1. The molecular weight excluding hydrogens is 901 g/mol. The lowest BCUT2D eigenvalue weighted by Crippen LogP contribution is -2.61. The lowest BCUT2D eigenvalue weighted by atomic mass is 10.0. The zero-order valence-corrected chi connectivity index (χ0v) is 42.8. The topological polar surface area (TPSA) is 291 Å². The fourth-order valence-electron chi connectivity index (χ4n) is 6.03. The van der Waals surface area contributed by atoms with E-state index in [4.69, 9.17) is 24.7 Å². The number of carbonyl (C=O) groups excluding carboxylic acids is 6. The van der Waals surface area contributed by atoms with E-state index >= 15 is 0 Å². The van der Waals surface area contributed by atoms with Crippen molar-refractivity contribution in [1.29, 1.82) is 0 Å². The highest BCUT2D eigenvalue weighted by atomic mass is 32.2. The molecule has 5 amide bonds. The standard InChI is InChI=1S/C47H76N8O12S/c1-44(2,3)64-25-31(48)38(57)53-34(22-28-14-16-30(17-15-28)66-46(7,8)9)41(60)55-36(26-65-45(4,5)6)42(61)52-33(20-21-68-13)40(59)51-32(18-19-37(56)67-47(10,11)12)39(58)54-35(43(62)63)23-29-24-49-27-50-29/h14-17,24,27,31-36H,18-23,25-26,48H2,1-13H3,(H,49,50)(H,51,59)(H,52,61)(H,53,57)(H,54,58)(H,55,60)(H,62,63)/t31-,32-,33-,34-,35-,36-/m0/s1. The van der Waals surface area contributed by atoms with Crippen molar-refractivity contribution in [1.82, 2.24) is 36.6 Å². The molecule has 1 heterocycles. The minimum Gasteiger partial charge on any atom is -0.488 e. The van der Waals surface area contributed by atoms with Gasteiger partial charge in [-0.3, -0.25) is 28.8 Å². The normalized spacial score (nSPS) is 14.8. The molecule has 0 aliphatic heterocycles. The lowest BCUT2D eigenvalue weighted by Gasteiger charge is -2.29. The van der Waals surface area contributed by atoms with Crippen LogP contribution >= 0.6 is 11.8 Å². The number of nitrogens with two attached hydrogens (primary N) is 1. The number of amides is 5. The molecule has 0 bridgehead atoms. The number of nitrogens with one attached hydrogen (secondary N) is 6. The van der Waals surface area contributed by atoms with Crippen LogP contribution in [0, 0.1) is 0 Å². The third-order valence-electron chi connectivity index (χ3n) is 9.29. The molecule has 0 aliphatic rings. The molecule has 0 saturated carbocycles. The van der Waals surface area contributed by atoms with Crippen LogP contribution in [-0.2, 0) is 60.6 Å². The maximum absolute atomic E-state index is 14.3. The minimum absolute atomic E-state index is 0.0232. The number of aromatic amines is 1. The molecular formula is C47H76N8O12S. The average Bonchev–Trinajstić information content (AvgIpc) is 3.72. The molecule has 0 fully saturated rings. The van der Waals surface area contributed by atoms with Gasteiger partial charge in [-0.1, -0.05) is 12.1 Å². The Morgan fingerprint density at radius 1 is 0.647 bits per heavy atom. The number of carboxylic acid groups (broad SMARTS) is 1. The molecule has 1 aromatic heterocycles. The Morgan fingerprint density at radius 3 is 1.65 bits per heavy atom. The predicted molar refractivity (Wildman–Crippen MR) is 258 cm³/mol. The van der Waals surface area contributed by atoms with Gasteiger partial charge < -0.3 is 61.4 Å². The number of carbonyl (C=O) groups is 7. The smallest absolute Gasteiger partial charge is 0.326 e. The van der Waals surface area contributed by atoms with E-state index in [1.807, 2.05) is 41.5 Å². The lowest BCUT2D eigenvalue weighted by molar-refractivity contribution is -0.155. The number of thioether (sulfide) groups is 1. The third-order valence-corrected chi connectivity index (χ3v) is 9.93. The van der Waals surface area contributed by atoms with E-state index in [9.17, 15) is 38.7 Å². The summed E-state index contributed by atoms with van der Waals surface area (Å²) in [4.78, 5) is 102. The summed E-state index contributed by atoms with van der Waals surface area (Å²) in [5, 5.41) is 23.1. The van der Waals surface area contributed by atoms with Crippen molar-refractivity contribution in [2.45, 2.75) is 174 Å². The van der Waals surface area contributed by atoms with Gasteiger partial charge >= 0.3 is 11.9 Å². The highest BCUT2D eigenvalue weighted by molar-refractivity contribution is 7.98. The Bertz CT molecular complexity index is 1950. The van der Waals surface area contributed by atoms with Crippen molar-refractivity contribution in [3.63, 3.8) is 0 Å². The summed E-state index contributed by atoms with van der Waals surface area (Å²) < 4.78 is 23.1. The van der Waals surface area contributed by atoms with Crippen LogP contribution in [0.4, 0.5) is 0 Å². The first-order valence-electron chi connectivity index (χ1n) is 22.6. The Hall–Kier alpha value is -5.25. The Labute approximate surface area is 404 Å². The largest absolute Gasteiger partial charge is 0.488 e. The zero-order chi connectivity index (χ0) is 51.6. The molecule has 21 heteroatoms. The number of hydrogen-bond donors (Lipinski definition) is 8. The van der Waals surface area contributed by atoms with Crippen LogP contribution in [0.3, 0.4) is 0 Å². The first-order valence-corrected chi connectivity index (χ1v) is 24.0. The highest BCUT2D eigenvalue weighted by Crippen LogP contribution is 2.20. The quantitative estimate of drug-likeness (QED) is 0.0629. The van der Waals surface area contributed by atoms with E-state index in [0.29, 0.717) is 22.8 Å². The number of aromatic nitrogens is 2. The van der Waals surface area contributed by atoms with Crippen molar-refractivity contribution >= 4 is 53.2 Å². The summed E-state index contributed by atoms with van der Waals surface area (Å²) in [7, 11) is 0. The molecule has 9 N–H and O–H groups in total. The van der Waals surface area contributed by atoms with Crippen LogP contribution in [0.25, 0.3) is 0 Å². The van der Waals surface area contributed by atoms with Gasteiger partial charge in [0.15, 0.2) is 0 Å². The second-order valence-corrected chi connectivity index (χ2v) is 21.3. The number of carboxylic acids is 1. The fourth-order valence-corrected chi connectivity index (χ4v) is 6.50. The van der Waals surface area contributed by atoms with Crippen molar-refractivity contribution in [2.24, 2.45) is 5.73 Å². The number of benzene rings is 1. The number of nitrogens with zero attached hydrogens (tertiary/aromatic N) is 1. The van der Waals surface area contributed by atoms with Crippen LogP contribution in [-0.4, -0.2) is 140 Å². The van der Waals surface area contributed by atoms with E-state index in [2.05, 4.69) is 36.6 Å². The molecule has 1 aromatic carbocycles. The van der Waals surface area contributed by atoms with E-state index in [1.54, 1.807) is 72.1 Å². The number of aliphatic carboxylic acids is 1. The van der Waals surface area contributed by atoms with Gasteiger partial charge in [-0.05, 0) is 126 Å². The predicted octanol–water partition coefficient (Wildman–Crippen LogP) is 2.71. The summed E-state index contributed by atoms with van der Waals surface area (Å²) in [6.45, 7) is 20.9. The van der Waals surface area contributed by atoms with Gasteiger partial charge in [0.1, 0.15) is 53.2 Å². The number of esters is 1. The molecule has 6 atom stereocenters. The second-order valence-electron chi connectivity index (χ2n) is 20.3. The van der Waals surface area contributed by atoms with E-state index in [1.165, 1.54) is 24.3 Å². The van der Waals surface area contributed by atoms with Gasteiger partial charge in [-0.15, -0.1) is 0 Å². The maximum Gasteiger partial charge on any atom is 0.326 e. The summed E-state index contributed by atoms with van der Waals surface area (Å²) in [5.41, 5.74) is 4.50. The molecule has 0 unspecified atom stereocenters. The maximum atomic E-state index is 14.3. The Kier molecular flexibility index (Phi) is 22.9. The first kappa shape index (κ1) is 58.9. The third kappa shape index (κ3) is 24.2. The van der Waals surface area contributed by atoms with Gasteiger partial charge in [0, 0.05) is 25.5 Å². The number of H-pyrrole nitrogens is 1. The molecule has 2 rings (SSSR count). The number of rotatable bonds is 26. The van der Waals surface area contributed by atoms with Crippen LogP contribution < -0.4 is 37.1 Å². The SMILES string of the molecule is CSCC[C@H](NC(=O)[C@H](COC(C)(C)C)NC(=O)[C@H](Cc1ccc(OC(C)(C)C)cc1)NC(=O)[C@@H](N)COC(C)(C)C)C(=O)N[C@@H](CCC(=O)OC(C)(C)C)C(=O)N[C@@H](Cc1c[nH]cn1)C(=O)O.